The Kier molecular flexibility index (Phi) is 3.95. The summed E-state index contributed by atoms with van der Waals surface area (Å²) in [4.78, 5) is 32.7. The highest BCUT2D eigenvalue weighted by Gasteiger charge is 2.24. The predicted octanol–water partition coefficient (Wildman–Crippen LogP) is 1.07. The second kappa shape index (κ2) is 6.05. The first-order valence-corrected chi connectivity index (χ1v) is 7.29. The smallest absolute Gasteiger partial charge is 0.290 e. The van der Waals surface area contributed by atoms with Crippen molar-refractivity contribution >= 4 is 11.7 Å². The average molecular weight is 302 g/mol. The van der Waals surface area contributed by atoms with E-state index in [1.54, 1.807) is 19.2 Å². The molecule has 2 N–H and O–H groups in total. The number of anilines is 1. The van der Waals surface area contributed by atoms with Crippen LogP contribution in [0.5, 0.6) is 0 Å². The van der Waals surface area contributed by atoms with E-state index in [9.17, 15) is 9.59 Å². The highest BCUT2D eigenvalue weighted by atomic mass is 16.3. The number of amides is 1. The van der Waals surface area contributed by atoms with Gasteiger partial charge in [0.25, 0.3) is 11.5 Å². The van der Waals surface area contributed by atoms with Crippen molar-refractivity contribution < 1.29 is 9.21 Å². The molecule has 1 saturated heterocycles. The van der Waals surface area contributed by atoms with Crippen LogP contribution < -0.4 is 15.8 Å². The van der Waals surface area contributed by atoms with Crippen LogP contribution in [0.25, 0.3) is 0 Å². The predicted molar refractivity (Wildman–Crippen MR) is 81.0 cm³/mol. The minimum Gasteiger partial charge on any atom is -0.469 e. The zero-order chi connectivity index (χ0) is 15.5. The molecule has 22 heavy (non-hydrogen) atoms. The van der Waals surface area contributed by atoms with Crippen molar-refractivity contribution in [3.05, 3.63) is 46.4 Å². The number of carbonyl (C=O) groups is 1. The summed E-state index contributed by atoms with van der Waals surface area (Å²) in [7, 11) is 0. The zero-order valence-corrected chi connectivity index (χ0v) is 12.3. The summed E-state index contributed by atoms with van der Waals surface area (Å²) >= 11 is 0. The van der Waals surface area contributed by atoms with Gasteiger partial charge in [0.2, 0.25) is 0 Å². The molecule has 0 aliphatic carbocycles. The van der Waals surface area contributed by atoms with Crippen molar-refractivity contribution in [2.75, 3.05) is 18.0 Å². The number of hydrogen-bond acceptors (Lipinski definition) is 5. The molecule has 1 amide bonds. The van der Waals surface area contributed by atoms with Gasteiger partial charge in [-0.2, -0.15) is 0 Å². The van der Waals surface area contributed by atoms with Crippen LogP contribution in [0.4, 0.5) is 5.82 Å². The second-order valence-corrected chi connectivity index (χ2v) is 5.39. The Morgan fingerprint density at radius 3 is 3.14 bits per heavy atom. The van der Waals surface area contributed by atoms with Crippen LogP contribution in [0.1, 0.15) is 29.0 Å². The zero-order valence-electron chi connectivity index (χ0n) is 12.3. The van der Waals surface area contributed by atoms with Gasteiger partial charge in [0.05, 0.1) is 11.8 Å². The first kappa shape index (κ1) is 14.4. The van der Waals surface area contributed by atoms with Crippen LogP contribution in [0.2, 0.25) is 0 Å². The van der Waals surface area contributed by atoms with Crippen molar-refractivity contribution in [3.8, 4) is 0 Å². The summed E-state index contributed by atoms with van der Waals surface area (Å²) in [6, 6.07) is 1.64. The van der Waals surface area contributed by atoms with Crippen LogP contribution in [0, 0.1) is 6.92 Å². The van der Waals surface area contributed by atoms with E-state index in [2.05, 4.69) is 15.3 Å². The molecule has 2 aromatic rings. The largest absolute Gasteiger partial charge is 0.469 e. The van der Waals surface area contributed by atoms with E-state index in [-0.39, 0.29) is 17.5 Å². The summed E-state index contributed by atoms with van der Waals surface area (Å²) in [5.41, 5.74) is 0.341. The summed E-state index contributed by atoms with van der Waals surface area (Å²) in [6.45, 7) is 3.09. The van der Waals surface area contributed by atoms with Gasteiger partial charge < -0.3 is 19.6 Å². The van der Waals surface area contributed by atoms with E-state index < -0.39 is 0 Å². The second-order valence-electron chi connectivity index (χ2n) is 5.39. The van der Waals surface area contributed by atoms with Gasteiger partial charge in [-0.25, -0.2) is 4.98 Å². The minimum atomic E-state index is -0.208. The summed E-state index contributed by atoms with van der Waals surface area (Å²) in [5, 5.41) is 3.00. The number of nitrogens with zero attached hydrogens (tertiary/aromatic N) is 2. The summed E-state index contributed by atoms with van der Waals surface area (Å²) in [6.07, 6.45) is 6.35. The summed E-state index contributed by atoms with van der Waals surface area (Å²) in [5.74, 6) is 0.861. The molecule has 0 bridgehead atoms. The maximum Gasteiger partial charge on any atom is 0.290 e. The van der Waals surface area contributed by atoms with Gasteiger partial charge in [-0.1, -0.05) is 0 Å². The van der Waals surface area contributed by atoms with Crippen molar-refractivity contribution in [2.24, 2.45) is 0 Å². The van der Waals surface area contributed by atoms with Gasteiger partial charge in [-0.15, -0.1) is 0 Å². The van der Waals surface area contributed by atoms with Gasteiger partial charge in [-0.3, -0.25) is 9.59 Å². The SMILES string of the molecule is Cc1occc1C(=O)NC1CCCN(c2ncc[nH]c2=O)C1. The van der Waals surface area contributed by atoms with Crippen molar-refractivity contribution in [1.82, 2.24) is 15.3 Å². The van der Waals surface area contributed by atoms with Gasteiger partial charge in [-0.05, 0) is 25.8 Å². The lowest BCUT2D eigenvalue weighted by Gasteiger charge is -2.33. The Morgan fingerprint density at radius 2 is 2.41 bits per heavy atom. The van der Waals surface area contributed by atoms with E-state index in [1.165, 1.54) is 12.5 Å². The Hall–Kier alpha value is -2.57. The van der Waals surface area contributed by atoms with E-state index in [1.807, 2.05) is 4.90 Å². The molecular weight excluding hydrogens is 284 g/mol. The maximum atomic E-state index is 12.2. The lowest BCUT2D eigenvalue weighted by molar-refractivity contribution is 0.0931. The fourth-order valence-electron chi connectivity index (χ4n) is 2.74. The molecule has 0 radical (unpaired) electrons. The first-order chi connectivity index (χ1) is 10.6. The van der Waals surface area contributed by atoms with Crippen molar-refractivity contribution in [1.29, 1.82) is 0 Å². The van der Waals surface area contributed by atoms with Crippen LogP contribution in [-0.4, -0.2) is 35.0 Å². The van der Waals surface area contributed by atoms with E-state index in [0.717, 1.165) is 19.4 Å². The number of carbonyl (C=O) groups excluding carboxylic acids is 1. The molecule has 1 aliphatic heterocycles. The number of rotatable bonds is 3. The van der Waals surface area contributed by atoms with E-state index >= 15 is 0 Å². The number of nitrogens with one attached hydrogen (secondary N) is 2. The number of aromatic amines is 1. The molecule has 7 nitrogen and oxygen atoms in total. The molecule has 2 aromatic heterocycles. The Morgan fingerprint density at radius 1 is 1.55 bits per heavy atom. The fraction of sp³-hybridized carbons (Fsp3) is 0.400. The standard InChI is InChI=1S/C15H18N4O3/c1-10-12(4-8-22-10)14(20)18-11-3-2-7-19(9-11)13-15(21)17-6-5-16-13/h4-6,8,11H,2-3,7,9H2,1H3,(H,17,21)(H,18,20). The fourth-order valence-corrected chi connectivity index (χ4v) is 2.74. The van der Waals surface area contributed by atoms with Gasteiger partial charge in [0.15, 0.2) is 5.82 Å². The number of hydrogen-bond donors (Lipinski definition) is 2. The van der Waals surface area contributed by atoms with Gasteiger partial charge >= 0.3 is 0 Å². The third-order valence-corrected chi connectivity index (χ3v) is 3.85. The quantitative estimate of drug-likeness (QED) is 0.885. The molecule has 3 rings (SSSR count). The third kappa shape index (κ3) is 2.88. The molecule has 0 saturated carbocycles. The van der Waals surface area contributed by atoms with Gasteiger partial charge in [0.1, 0.15) is 5.76 Å². The Labute approximate surface area is 127 Å². The highest BCUT2D eigenvalue weighted by Crippen LogP contribution is 2.15. The van der Waals surface area contributed by atoms with Crippen molar-refractivity contribution in [3.63, 3.8) is 0 Å². The molecule has 3 heterocycles. The van der Waals surface area contributed by atoms with E-state index in [0.29, 0.717) is 23.7 Å². The topological polar surface area (TPSA) is 91.2 Å². The monoisotopic (exact) mass is 302 g/mol. The Bertz CT molecular complexity index is 721. The Balaban J connectivity index is 1.69. The number of piperidine rings is 1. The molecule has 0 aromatic carbocycles. The molecule has 1 aliphatic rings. The number of aromatic nitrogens is 2. The summed E-state index contributed by atoms with van der Waals surface area (Å²) < 4.78 is 5.15. The van der Waals surface area contributed by atoms with Crippen LogP contribution in [0.15, 0.2) is 33.9 Å². The molecular formula is C15H18N4O3. The molecule has 1 atom stereocenters. The molecule has 1 fully saturated rings. The molecule has 7 heteroatoms. The van der Waals surface area contributed by atoms with Crippen LogP contribution >= 0.6 is 0 Å². The van der Waals surface area contributed by atoms with Gasteiger partial charge in [0, 0.05) is 31.5 Å². The lowest BCUT2D eigenvalue weighted by atomic mass is 10.1. The molecule has 0 spiro atoms. The average Bonchev–Trinajstić information content (AvgIpc) is 2.94. The first-order valence-electron chi connectivity index (χ1n) is 7.29. The number of furan rings is 1. The number of H-pyrrole nitrogens is 1. The lowest BCUT2D eigenvalue weighted by Crippen LogP contribution is -2.49. The molecule has 1 unspecified atom stereocenters. The van der Waals surface area contributed by atoms with Crippen LogP contribution in [-0.2, 0) is 0 Å². The van der Waals surface area contributed by atoms with Crippen molar-refractivity contribution in [2.45, 2.75) is 25.8 Å². The molecule has 116 valence electrons. The highest BCUT2D eigenvalue weighted by molar-refractivity contribution is 5.95. The normalized spacial score (nSPS) is 18.2. The maximum absolute atomic E-state index is 12.2. The number of aryl methyl sites for hydroxylation is 1. The minimum absolute atomic E-state index is 0.0167. The van der Waals surface area contributed by atoms with Crippen LogP contribution in [0.3, 0.4) is 0 Å². The third-order valence-electron chi connectivity index (χ3n) is 3.85. The van der Waals surface area contributed by atoms with E-state index in [4.69, 9.17) is 4.42 Å².